The molecule has 0 atom stereocenters. The van der Waals surface area contributed by atoms with Crippen LogP contribution in [0.1, 0.15) is 25.8 Å². The van der Waals surface area contributed by atoms with Crippen LogP contribution < -0.4 is 11.1 Å². The second-order valence-electron chi connectivity index (χ2n) is 4.78. The molecule has 0 aliphatic heterocycles. The molecule has 19 heavy (non-hydrogen) atoms. The topological polar surface area (TPSA) is 89.3 Å². The van der Waals surface area contributed by atoms with E-state index in [4.69, 9.17) is 5.73 Å². The van der Waals surface area contributed by atoms with Crippen LogP contribution in [0.5, 0.6) is 0 Å². The Bertz CT molecular complexity index is 565. The Kier molecular flexibility index (Phi) is 4.94. The lowest BCUT2D eigenvalue weighted by atomic mass is 10.2. The SMILES string of the molecule is Cc1cccc(S(=O)(=O)CCC(=O)NC(C)C)c1N. The molecular weight excluding hydrogens is 264 g/mol. The number of sulfone groups is 1. The highest BCUT2D eigenvalue weighted by Crippen LogP contribution is 2.23. The number of hydrogen-bond acceptors (Lipinski definition) is 4. The Morgan fingerprint density at radius 1 is 1.37 bits per heavy atom. The van der Waals surface area contributed by atoms with Gasteiger partial charge in [-0.3, -0.25) is 4.79 Å². The van der Waals surface area contributed by atoms with Gasteiger partial charge in [-0.2, -0.15) is 0 Å². The van der Waals surface area contributed by atoms with E-state index in [-0.39, 0.29) is 34.7 Å². The number of hydrogen-bond donors (Lipinski definition) is 2. The molecule has 0 aliphatic rings. The predicted molar refractivity (Wildman–Crippen MR) is 75.5 cm³/mol. The number of rotatable bonds is 5. The average molecular weight is 284 g/mol. The number of benzene rings is 1. The van der Waals surface area contributed by atoms with Crippen molar-refractivity contribution in [2.24, 2.45) is 0 Å². The van der Waals surface area contributed by atoms with Crippen LogP contribution in [-0.2, 0) is 14.6 Å². The number of anilines is 1. The number of carbonyl (C=O) groups is 1. The lowest BCUT2D eigenvalue weighted by molar-refractivity contribution is -0.121. The van der Waals surface area contributed by atoms with Crippen LogP contribution in [-0.4, -0.2) is 26.1 Å². The average Bonchev–Trinajstić information content (AvgIpc) is 2.29. The van der Waals surface area contributed by atoms with Crippen molar-refractivity contribution < 1.29 is 13.2 Å². The molecule has 0 bridgehead atoms. The number of amides is 1. The summed E-state index contributed by atoms with van der Waals surface area (Å²) in [7, 11) is -3.53. The number of aryl methyl sites for hydroxylation is 1. The van der Waals surface area contributed by atoms with Crippen molar-refractivity contribution in [2.45, 2.75) is 38.1 Å². The van der Waals surface area contributed by atoms with E-state index in [0.29, 0.717) is 5.56 Å². The number of para-hydroxylation sites is 1. The largest absolute Gasteiger partial charge is 0.397 e. The number of carbonyl (C=O) groups excluding carboxylic acids is 1. The Labute approximate surface area is 114 Å². The van der Waals surface area contributed by atoms with Gasteiger partial charge in [-0.25, -0.2) is 8.42 Å². The molecule has 5 nitrogen and oxygen atoms in total. The first-order valence-corrected chi connectivity index (χ1v) is 7.76. The first kappa shape index (κ1) is 15.5. The Balaban J connectivity index is 2.82. The van der Waals surface area contributed by atoms with E-state index in [1.165, 1.54) is 6.07 Å². The fraction of sp³-hybridized carbons (Fsp3) is 0.462. The van der Waals surface area contributed by atoms with Crippen molar-refractivity contribution in [3.05, 3.63) is 23.8 Å². The third-order valence-corrected chi connectivity index (χ3v) is 4.43. The Morgan fingerprint density at radius 3 is 2.58 bits per heavy atom. The highest BCUT2D eigenvalue weighted by molar-refractivity contribution is 7.91. The maximum Gasteiger partial charge on any atom is 0.221 e. The van der Waals surface area contributed by atoms with Crippen molar-refractivity contribution in [1.29, 1.82) is 0 Å². The van der Waals surface area contributed by atoms with Gasteiger partial charge in [0, 0.05) is 12.5 Å². The van der Waals surface area contributed by atoms with E-state index in [1.54, 1.807) is 19.1 Å². The normalized spacial score (nSPS) is 11.6. The van der Waals surface area contributed by atoms with E-state index in [1.807, 2.05) is 13.8 Å². The summed E-state index contributed by atoms with van der Waals surface area (Å²) < 4.78 is 24.3. The van der Waals surface area contributed by atoms with Gasteiger partial charge in [-0.1, -0.05) is 12.1 Å². The fourth-order valence-electron chi connectivity index (χ4n) is 1.66. The second kappa shape index (κ2) is 6.06. The van der Waals surface area contributed by atoms with Crippen molar-refractivity contribution in [1.82, 2.24) is 5.32 Å². The molecule has 1 amide bonds. The van der Waals surface area contributed by atoms with Gasteiger partial charge in [-0.15, -0.1) is 0 Å². The van der Waals surface area contributed by atoms with E-state index < -0.39 is 9.84 Å². The van der Waals surface area contributed by atoms with Crippen molar-refractivity contribution in [2.75, 3.05) is 11.5 Å². The summed E-state index contributed by atoms with van der Waals surface area (Å²) in [4.78, 5) is 11.6. The van der Waals surface area contributed by atoms with Crippen molar-refractivity contribution >= 4 is 21.4 Å². The van der Waals surface area contributed by atoms with E-state index in [9.17, 15) is 13.2 Å². The van der Waals surface area contributed by atoms with Gasteiger partial charge in [-0.05, 0) is 32.4 Å². The minimum Gasteiger partial charge on any atom is -0.397 e. The summed E-state index contributed by atoms with van der Waals surface area (Å²) in [6.45, 7) is 5.40. The maximum absolute atomic E-state index is 12.1. The monoisotopic (exact) mass is 284 g/mol. The Hall–Kier alpha value is -1.56. The zero-order valence-electron chi connectivity index (χ0n) is 11.4. The number of nitrogens with one attached hydrogen (secondary N) is 1. The molecule has 0 fully saturated rings. The molecule has 1 rings (SSSR count). The molecular formula is C13H20N2O3S. The summed E-state index contributed by atoms with van der Waals surface area (Å²) in [5.41, 5.74) is 6.75. The third-order valence-electron chi connectivity index (χ3n) is 2.67. The van der Waals surface area contributed by atoms with Crippen LogP contribution >= 0.6 is 0 Å². The minimum absolute atomic E-state index is 0.000701. The van der Waals surface area contributed by atoms with Gasteiger partial charge in [0.1, 0.15) is 0 Å². The second-order valence-corrected chi connectivity index (χ2v) is 6.86. The van der Waals surface area contributed by atoms with Gasteiger partial charge in [0.05, 0.1) is 16.3 Å². The van der Waals surface area contributed by atoms with Gasteiger partial charge in [0.25, 0.3) is 0 Å². The highest BCUT2D eigenvalue weighted by Gasteiger charge is 2.20. The molecule has 106 valence electrons. The highest BCUT2D eigenvalue weighted by atomic mass is 32.2. The minimum atomic E-state index is -3.53. The molecule has 0 saturated heterocycles. The summed E-state index contributed by atoms with van der Waals surface area (Å²) in [5, 5.41) is 2.66. The van der Waals surface area contributed by atoms with Crippen LogP contribution in [0.3, 0.4) is 0 Å². The van der Waals surface area contributed by atoms with Crippen LogP contribution in [0.4, 0.5) is 5.69 Å². The summed E-state index contributed by atoms with van der Waals surface area (Å²) in [5.74, 6) is -0.510. The van der Waals surface area contributed by atoms with Crippen LogP contribution in [0.25, 0.3) is 0 Å². The molecule has 0 spiro atoms. The lowest BCUT2D eigenvalue weighted by Gasteiger charge is -2.11. The fourth-order valence-corrected chi connectivity index (χ4v) is 3.11. The zero-order chi connectivity index (χ0) is 14.6. The first-order valence-electron chi connectivity index (χ1n) is 6.11. The summed E-state index contributed by atoms with van der Waals surface area (Å²) in [6.07, 6.45) is -0.0616. The summed E-state index contributed by atoms with van der Waals surface area (Å²) >= 11 is 0. The smallest absolute Gasteiger partial charge is 0.221 e. The molecule has 0 aromatic heterocycles. The predicted octanol–water partition coefficient (Wildman–Crippen LogP) is 1.27. The first-order chi connectivity index (χ1) is 8.74. The lowest BCUT2D eigenvalue weighted by Crippen LogP contribution is -2.31. The molecule has 6 heteroatoms. The molecule has 0 saturated carbocycles. The molecule has 0 aliphatic carbocycles. The van der Waals surface area contributed by atoms with Crippen LogP contribution in [0, 0.1) is 6.92 Å². The van der Waals surface area contributed by atoms with Gasteiger partial charge < -0.3 is 11.1 Å². The van der Waals surface area contributed by atoms with Crippen LogP contribution in [0.2, 0.25) is 0 Å². The van der Waals surface area contributed by atoms with Crippen molar-refractivity contribution in [3.8, 4) is 0 Å². The molecule has 0 unspecified atom stereocenters. The molecule has 1 aromatic rings. The van der Waals surface area contributed by atoms with Crippen LogP contribution in [0.15, 0.2) is 23.1 Å². The third kappa shape index (κ3) is 4.24. The number of nitrogen functional groups attached to an aromatic ring is 1. The summed E-state index contributed by atoms with van der Waals surface area (Å²) in [6, 6.07) is 4.86. The zero-order valence-corrected chi connectivity index (χ0v) is 12.3. The van der Waals surface area contributed by atoms with E-state index >= 15 is 0 Å². The van der Waals surface area contributed by atoms with E-state index in [0.717, 1.165) is 0 Å². The molecule has 1 aromatic carbocycles. The maximum atomic E-state index is 12.1. The Morgan fingerprint density at radius 2 is 2.00 bits per heavy atom. The number of nitrogens with two attached hydrogens (primary N) is 1. The quantitative estimate of drug-likeness (QED) is 0.797. The molecule has 0 heterocycles. The van der Waals surface area contributed by atoms with Gasteiger partial charge >= 0.3 is 0 Å². The molecule has 0 radical (unpaired) electrons. The van der Waals surface area contributed by atoms with Gasteiger partial charge in [0.15, 0.2) is 9.84 Å². The van der Waals surface area contributed by atoms with Crippen molar-refractivity contribution in [3.63, 3.8) is 0 Å². The standard InChI is InChI=1S/C13H20N2O3S/c1-9(2)15-12(16)7-8-19(17,18)11-6-4-5-10(3)13(11)14/h4-6,9H,7-8,14H2,1-3H3,(H,15,16). The van der Waals surface area contributed by atoms with Gasteiger partial charge in [0.2, 0.25) is 5.91 Å². The van der Waals surface area contributed by atoms with E-state index in [2.05, 4.69) is 5.32 Å². The molecule has 3 N–H and O–H groups in total.